The highest BCUT2D eigenvalue weighted by Crippen LogP contribution is 2.41. The predicted octanol–water partition coefficient (Wildman–Crippen LogP) is 5.42. The van der Waals surface area contributed by atoms with Crippen LogP contribution in [-0.2, 0) is 4.74 Å². The molecule has 1 atom stereocenters. The molecule has 1 saturated heterocycles. The molecule has 6 nitrogen and oxygen atoms in total. The number of ether oxygens (including phenoxy) is 2. The van der Waals surface area contributed by atoms with Crippen molar-refractivity contribution in [2.24, 2.45) is 0 Å². The number of nitrogens with one attached hydrogen (secondary N) is 1. The zero-order valence-electron chi connectivity index (χ0n) is 19.4. The Hall–Kier alpha value is -3.61. The van der Waals surface area contributed by atoms with Gasteiger partial charge in [0.1, 0.15) is 17.1 Å². The molecule has 0 aliphatic carbocycles. The molecule has 4 aromatic rings. The van der Waals surface area contributed by atoms with Gasteiger partial charge in [-0.25, -0.2) is 0 Å². The molecule has 0 spiro atoms. The molecule has 6 heteroatoms. The number of fused-ring (bicyclic) bond motifs is 1. The highest BCUT2D eigenvalue weighted by molar-refractivity contribution is 6.09. The molecule has 1 aliphatic heterocycles. The molecule has 2 heterocycles. The number of carbonyl (C=O) groups excluding carboxylic acids is 1. The minimum atomic E-state index is -0.209. The van der Waals surface area contributed by atoms with E-state index in [2.05, 4.69) is 16.3 Å². The van der Waals surface area contributed by atoms with Crippen LogP contribution < -0.4 is 10.1 Å². The van der Waals surface area contributed by atoms with E-state index in [0.29, 0.717) is 30.2 Å². The molecule has 1 aromatic heterocycles. The van der Waals surface area contributed by atoms with Crippen molar-refractivity contribution in [1.29, 1.82) is 0 Å². The number of hydrogen-bond acceptors (Lipinski definition) is 5. The standard InChI is InChI=1S/C28H28N2O4/c1-19-10-12-20(13-11-19)28(31)29-25-23-8-3-4-9-24(23)34-27(25)26(30-14-16-33-17-15-30)21-6-5-7-22(18-21)32-2/h3-13,18,26H,14-17H2,1-2H3,(H,29,31)/t26-/m1/s1. The maximum atomic E-state index is 13.2. The average Bonchev–Trinajstić information content (AvgIpc) is 3.23. The van der Waals surface area contributed by atoms with Gasteiger partial charge in [0.05, 0.1) is 32.1 Å². The Morgan fingerprint density at radius 1 is 1.00 bits per heavy atom. The van der Waals surface area contributed by atoms with Gasteiger partial charge in [-0.1, -0.05) is 42.0 Å². The largest absolute Gasteiger partial charge is 0.497 e. The van der Waals surface area contributed by atoms with Crippen LogP contribution in [0.3, 0.4) is 0 Å². The first-order valence-corrected chi connectivity index (χ1v) is 11.5. The lowest BCUT2D eigenvalue weighted by Crippen LogP contribution is -2.39. The first-order chi connectivity index (χ1) is 16.6. The van der Waals surface area contributed by atoms with Crippen molar-refractivity contribution in [2.45, 2.75) is 13.0 Å². The SMILES string of the molecule is COc1cccc([C@H](c2oc3ccccc3c2NC(=O)c2ccc(C)cc2)N2CCOCC2)c1. The van der Waals surface area contributed by atoms with Gasteiger partial charge in [-0.3, -0.25) is 9.69 Å². The van der Waals surface area contributed by atoms with Crippen LogP contribution in [0.5, 0.6) is 5.75 Å². The molecular weight excluding hydrogens is 428 g/mol. The number of carbonyl (C=O) groups is 1. The summed E-state index contributed by atoms with van der Waals surface area (Å²) in [5, 5.41) is 4.04. The molecular formula is C28H28N2O4. The normalized spacial score (nSPS) is 15.2. The number of furan rings is 1. The Labute approximate surface area is 199 Å². The van der Waals surface area contributed by atoms with Gasteiger partial charge in [-0.15, -0.1) is 0 Å². The molecule has 1 aliphatic rings. The van der Waals surface area contributed by atoms with Gasteiger partial charge in [0.15, 0.2) is 0 Å². The smallest absolute Gasteiger partial charge is 0.255 e. The van der Waals surface area contributed by atoms with Crippen molar-refractivity contribution in [3.8, 4) is 5.75 Å². The Kier molecular flexibility index (Phi) is 6.34. The van der Waals surface area contributed by atoms with Crippen molar-refractivity contribution in [3.05, 3.63) is 95.2 Å². The van der Waals surface area contributed by atoms with Crippen LogP contribution in [0.1, 0.15) is 33.3 Å². The Morgan fingerprint density at radius 2 is 1.76 bits per heavy atom. The predicted molar refractivity (Wildman–Crippen MR) is 133 cm³/mol. The monoisotopic (exact) mass is 456 g/mol. The minimum Gasteiger partial charge on any atom is -0.497 e. The van der Waals surface area contributed by atoms with E-state index in [1.54, 1.807) is 7.11 Å². The molecule has 34 heavy (non-hydrogen) atoms. The van der Waals surface area contributed by atoms with E-state index >= 15 is 0 Å². The second-order valence-electron chi connectivity index (χ2n) is 8.49. The fourth-order valence-electron chi connectivity index (χ4n) is 4.45. The van der Waals surface area contributed by atoms with Gasteiger partial charge in [0.25, 0.3) is 5.91 Å². The van der Waals surface area contributed by atoms with Crippen molar-refractivity contribution >= 4 is 22.6 Å². The highest BCUT2D eigenvalue weighted by Gasteiger charge is 2.31. The van der Waals surface area contributed by atoms with E-state index in [1.807, 2.05) is 73.7 Å². The topological polar surface area (TPSA) is 63.9 Å². The van der Waals surface area contributed by atoms with Gasteiger partial charge in [0, 0.05) is 24.0 Å². The minimum absolute atomic E-state index is 0.167. The van der Waals surface area contributed by atoms with Gasteiger partial charge in [0.2, 0.25) is 0 Å². The molecule has 5 rings (SSSR count). The quantitative estimate of drug-likeness (QED) is 0.420. The molecule has 3 aromatic carbocycles. The van der Waals surface area contributed by atoms with Crippen LogP contribution in [0.15, 0.2) is 77.2 Å². The van der Waals surface area contributed by atoms with E-state index in [-0.39, 0.29) is 11.9 Å². The molecule has 1 fully saturated rings. The second kappa shape index (κ2) is 9.71. The maximum Gasteiger partial charge on any atom is 0.255 e. The summed E-state index contributed by atoms with van der Waals surface area (Å²) < 4.78 is 17.6. The molecule has 0 bridgehead atoms. The third kappa shape index (κ3) is 4.42. The van der Waals surface area contributed by atoms with Crippen molar-refractivity contribution in [3.63, 3.8) is 0 Å². The first kappa shape index (κ1) is 22.2. The number of amides is 1. The molecule has 1 amide bonds. The summed E-state index contributed by atoms with van der Waals surface area (Å²) in [6.45, 7) is 4.80. The molecule has 0 saturated carbocycles. The third-order valence-electron chi connectivity index (χ3n) is 6.24. The van der Waals surface area contributed by atoms with Gasteiger partial charge in [-0.2, -0.15) is 0 Å². The number of methoxy groups -OCH3 is 1. The highest BCUT2D eigenvalue weighted by atomic mass is 16.5. The molecule has 0 radical (unpaired) electrons. The van der Waals surface area contributed by atoms with Crippen LogP contribution in [-0.4, -0.2) is 44.2 Å². The maximum absolute atomic E-state index is 13.2. The second-order valence-corrected chi connectivity index (χ2v) is 8.49. The van der Waals surface area contributed by atoms with E-state index in [0.717, 1.165) is 40.9 Å². The fraction of sp³-hybridized carbons (Fsp3) is 0.250. The third-order valence-corrected chi connectivity index (χ3v) is 6.24. The van der Waals surface area contributed by atoms with Gasteiger partial charge in [-0.05, 0) is 48.9 Å². The lowest BCUT2D eigenvalue weighted by atomic mass is 10.00. The number of rotatable bonds is 6. The van der Waals surface area contributed by atoms with Crippen molar-refractivity contribution < 1.29 is 18.7 Å². The van der Waals surface area contributed by atoms with Gasteiger partial charge >= 0.3 is 0 Å². The van der Waals surface area contributed by atoms with Crippen LogP contribution in [0.4, 0.5) is 5.69 Å². The van der Waals surface area contributed by atoms with Crippen LogP contribution >= 0.6 is 0 Å². The Bertz CT molecular complexity index is 1290. The lowest BCUT2D eigenvalue weighted by Gasteiger charge is -2.34. The summed E-state index contributed by atoms with van der Waals surface area (Å²) in [5.74, 6) is 1.31. The molecule has 174 valence electrons. The van der Waals surface area contributed by atoms with E-state index in [9.17, 15) is 4.79 Å². The number of anilines is 1. The molecule has 0 unspecified atom stereocenters. The summed E-state index contributed by atoms with van der Waals surface area (Å²) in [5.41, 5.74) is 4.17. The number of para-hydroxylation sites is 1. The summed E-state index contributed by atoms with van der Waals surface area (Å²) in [6, 6.07) is 23.2. The zero-order valence-corrected chi connectivity index (χ0v) is 19.4. The van der Waals surface area contributed by atoms with Crippen molar-refractivity contribution in [2.75, 3.05) is 38.7 Å². The van der Waals surface area contributed by atoms with Crippen LogP contribution in [0.25, 0.3) is 11.0 Å². The van der Waals surface area contributed by atoms with E-state index in [4.69, 9.17) is 13.9 Å². The molecule has 1 N–H and O–H groups in total. The Balaban J connectivity index is 1.63. The van der Waals surface area contributed by atoms with Crippen molar-refractivity contribution in [1.82, 2.24) is 4.90 Å². The number of morpholine rings is 1. The number of nitrogens with zero attached hydrogens (tertiary/aromatic N) is 1. The number of benzene rings is 3. The summed E-state index contributed by atoms with van der Waals surface area (Å²) in [4.78, 5) is 15.6. The van der Waals surface area contributed by atoms with Crippen LogP contribution in [0, 0.1) is 6.92 Å². The summed E-state index contributed by atoms with van der Waals surface area (Å²) in [6.07, 6.45) is 0. The average molecular weight is 457 g/mol. The zero-order chi connectivity index (χ0) is 23.5. The fourth-order valence-corrected chi connectivity index (χ4v) is 4.45. The summed E-state index contributed by atoms with van der Waals surface area (Å²) >= 11 is 0. The summed E-state index contributed by atoms with van der Waals surface area (Å²) in [7, 11) is 1.66. The first-order valence-electron chi connectivity index (χ1n) is 11.5. The Morgan fingerprint density at radius 3 is 2.53 bits per heavy atom. The van der Waals surface area contributed by atoms with Gasteiger partial charge < -0.3 is 19.2 Å². The number of aryl methyl sites for hydroxylation is 1. The van der Waals surface area contributed by atoms with Crippen LogP contribution in [0.2, 0.25) is 0 Å². The van der Waals surface area contributed by atoms with E-state index in [1.165, 1.54) is 0 Å². The van der Waals surface area contributed by atoms with E-state index < -0.39 is 0 Å². The number of hydrogen-bond donors (Lipinski definition) is 1. The lowest BCUT2D eigenvalue weighted by molar-refractivity contribution is 0.0206.